The number of benzene rings is 2. The zero-order chi connectivity index (χ0) is 21.1. The summed E-state index contributed by atoms with van der Waals surface area (Å²) in [6.07, 6.45) is -4.48. The molecule has 0 radical (unpaired) electrons. The predicted molar refractivity (Wildman–Crippen MR) is 103 cm³/mol. The third kappa shape index (κ3) is 5.88. The van der Waals surface area contributed by atoms with Crippen molar-refractivity contribution in [2.24, 2.45) is 0 Å². The van der Waals surface area contributed by atoms with Crippen molar-refractivity contribution in [3.63, 3.8) is 0 Å². The summed E-state index contributed by atoms with van der Waals surface area (Å²) < 4.78 is 54.8. The summed E-state index contributed by atoms with van der Waals surface area (Å²) in [4.78, 5) is 12.2. The number of halogens is 3. The van der Waals surface area contributed by atoms with Crippen LogP contribution in [0.5, 0.6) is 11.5 Å². The Morgan fingerprint density at radius 2 is 1.83 bits per heavy atom. The maximum absolute atomic E-state index is 13.0. The number of nitrogens with one attached hydrogen (secondary N) is 1. The van der Waals surface area contributed by atoms with E-state index in [1.165, 1.54) is 13.8 Å². The third-order valence-corrected chi connectivity index (χ3v) is 7.36. The molecule has 156 valence electrons. The minimum absolute atomic E-state index is 0.115. The van der Waals surface area contributed by atoms with Crippen LogP contribution in [0.3, 0.4) is 0 Å². The van der Waals surface area contributed by atoms with Crippen molar-refractivity contribution in [2.45, 2.75) is 30.4 Å². The Labute approximate surface area is 172 Å². The van der Waals surface area contributed by atoms with Crippen LogP contribution in [0.15, 0.2) is 48.5 Å². The van der Waals surface area contributed by atoms with E-state index in [0.717, 1.165) is 4.46 Å². The summed E-state index contributed by atoms with van der Waals surface area (Å²) >= 11 is -0.533. The van der Waals surface area contributed by atoms with Gasteiger partial charge in [-0.15, -0.1) is 0 Å². The van der Waals surface area contributed by atoms with Crippen LogP contribution in [-0.2, 0) is 9.53 Å². The van der Waals surface area contributed by atoms with E-state index in [2.05, 4.69) is 5.32 Å². The third-order valence-electron chi connectivity index (χ3n) is 4.12. The SMILES string of the molecule is CC(C)(OCC(F)(F)F)C([Se]c1ccc2c(c1)OCO2)C(=O)Nc1ccccc1. The van der Waals surface area contributed by atoms with Gasteiger partial charge >= 0.3 is 172 Å². The van der Waals surface area contributed by atoms with Gasteiger partial charge in [-0.1, -0.05) is 0 Å². The molecule has 0 spiro atoms. The number of ether oxygens (including phenoxy) is 3. The van der Waals surface area contributed by atoms with Gasteiger partial charge in [-0.05, 0) is 0 Å². The molecule has 3 rings (SSSR count). The van der Waals surface area contributed by atoms with Crippen molar-refractivity contribution >= 4 is 31.0 Å². The fourth-order valence-electron chi connectivity index (χ4n) is 2.67. The number of alkyl halides is 3. The molecule has 9 heteroatoms. The first-order valence-corrected chi connectivity index (χ1v) is 10.6. The molecule has 1 N–H and O–H groups in total. The molecule has 2 aromatic carbocycles. The van der Waals surface area contributed by atoms with Crippen LogP contribution in [0.4, 0.5) is 18.9 Å². The number of para-hydroxylation sites is 1. The second-order valence-electron chi connectivity index (χ2n) is 6.88. The van der Waals surface area contributed by atoms with Crippen LogP contribution in [0.25, 0.3) is 0 Å². The molecule has 1 unspecified atom stereocenters. The van der Waals surface area contributed by atoms with E-state index in [9.17, 15) is 18.0 Å². The fourth-order valence-corrected chi connectivity index (χ4v) is 5.00. The number of hydrogen-bond donors (Lipinski definition) is 1. The van der Waals surface area contributed by atoms with Gasteiger partial charge in [0.1, 0.15) is 0 Å². The number of amides is 1. The molecule has 0 aromatic heterocycles. The van der Waals surface area contributed by atoms with Gasteiger partial charge in [0.15, 0.2) is 0 Å². The van der Waals surface area contributed by atoms with Gasteiger partial charge < -0.3 is 0 Å². The normalized spacial score (nSPS) is 14.5. The van der Waals surface area contributed by atoms with Crippen LogP contribution in [0.2, 0.25) is 4.82 Å². The average molecular weight is 474 g/mol. The molecular formula is C20H20F3NO4Se. The first kappa shape index (κ1) is 21.5. The van der Waals surface area contributed by atoms with Gasteiger partial charge in [-0.2, -0.15) is 0 Å². The van der Waals surface area contributed by atoms with Gasteiger partial charge in [0, 0.05) is 0 Å². The van der Waals surface area contributed by atoms with Gasteiger partial charge in [0.05, 0.1) is 0 Å². The quantitative estimate of drug-likeness (QED) is 0.625. The molecule has 1 heterocycles. The molecule has 0 bridgehead atoms. The van der Waals surface area contributed by atoms with Crippen molar-refractivity contribution in [1.29, 1.82) is 0 Å². The first-order chi connectivity index (χ1) is 13.6. The second kappa shape index (κ2) is 8.65. The molecule has 1 aliphatic rings. The number of carbonyl (C=O) groups excluding carboxylic acids is 1. The number of hydrogen-bond acceptors (Lipinski definition) is 4. The van der Waals surface area contributed by atoms with Crippen LogP contribution in [-0.4, -0.2) is 46.0 Å². The number of rotatable bonds is 7. The summed E-state index contributed by atoms with van der Waals surface area (Å²) in [5.74, 6) is 0.754. The molecule has 29 heavy (non-hydrogen) atoms. The van der Waals surface area contributed by atoms with Crippen molar-refractivity contribution in [3.05, 3.63) is 48.5 Å². The number of carbonyl (C=O) groups is 1. The molecule has 1 aliphatic heterocycles. The van der Waals surface area contributed by atoms with E-state index in [-0.39, 0.29) is 6.79 Å². The standard InChI is InChI=1S/C20H20F3NO4Se/c1-19(2,28-11-20(21,22)23)17(18(25)24-13-6-4-3-5-7-13)29-14-8-9-15-16(10-14)27-12-26-15/h3-10,17H,11-12H2,1-2H3,(H,24,25). The second-order valence-corrected chi connectivity index (χ2v) is 9.35. The molecule has 5 nitrogen and oxygen atoms in total. The fraction of sp³-hybridized carbons (Fsp3) is 0.350. The first-order valence-electron chi connectivity index (χ1n) is 8.77. The van der Waals surface area contributed by atoms with Crippen LogP contribution >= 0.6 is 0 Å². The Bertz CT molecular complexity index is 859. The van der Waals surface area contributed by atoms with Crippen molar-refractivity contribution in [1.82, 2.24) is 0 Å². The Balaban J connectivity index is 1.82. The average Bonchev–Trinajstić information content (AvgIpc) is 3.12. The van der Waals surface area contributed by atoms with E-state index >= 15 is 0 Å². The number of anilines is 1. The molecule has 0 aliphatic carbocycles. The van der Waals surface area contributed by atoms with Gasteiger partial charge in [0.2, 0.25) is 0 Å². The van der Waals surface area contributed by atoms with Crippen molar-refractivity contribution < 1.29 is 32.2 Å². The van der Waals surface area contributed by atoms with E-state index in [1.54, 1.807) is 48.5 Å². The molecule has 2 aromatic rings. The Hall–Kier alpha value is -2.22. The summed E-state index contributed by atoms with van der Waals surface area (Å²) in [6, 6.07) is 14.0. The molecule has 1 amide bonds. The van der Waals surface area contributed by atoms with E-state index in [4.69, 9.17) is 14.2 Å². The van der Waals surface area contributed by atoms with E-state index in [0.29, 0.717) is 17.2 Å². The summed E-state index contributed by atoms with van der Waals surface area (Å²) in [6.45, 7) is 1.70. The van der Waals surface area contributed by atoms with Crippen molar-refractivity contribution in [2.75, 3.05) is 18.7 Å². The Kier molecular flexibility index (Phi) is 6.41. The molecular weight excluding hydrogens is 454 g/mol. The zero-order valence-electron chi connectivity index (χ0n) is 15.8. The predicted octanol–water partition coefficient (Wildman–Crippen LogP) is 3.53. The van der Waals surface area contributed by atoms with Crippen molar-refractivity contribution in [3.8, 4) is 11.5 Å². The molecule has 0 saturated heterocycles. The zero-order valence-corrected chi connectivity index (χ0v) is 17.5. The maximum atomic E-state index is 13.0. The van der Waals surface area contributed by atoms with Crippen LogP contribution < -0.4 is 19.3 Å². The van der Waals surface area contributed by atoms with Gasteiger partial charge in [0.25, 0.3) is 0 Å². The molecule has 0 saturated carbocycles. The number of fused-ring (bicyclic) bond motifs is 1. The Morgan fingerprint density at radius 1 is 1.14 bits per heavy atom. The summed E-state index contributed by atoms with van der Waals surface area (Å²) in [5.41, 5.74) is -0.777. The van der Waals surface area contributed by atoms with Crippen LogP contribution in [0, 0.1) is 0 Å². The van der Waals surface area contributed by atoms with Gasteiger partial charge in [-0.3, -0.25) is 0 Å². The summed E-state index contributed by atoms with van der Waals surface area (Å²) in [5, 5.41) is 2.78. The molecule has 1 atom stereocenters. The molecule has 0 fully saturated rings. The Morgan fingerprint density at radius 3 is 2.52 bits per heavy atom. The van der Waals surface area contributed by atoms with E-state index in [1.807, 2.05) is 0 Å². The van der Waals surface area contributed by atoms with Gasteiger partial charge in [-0.25, -0.2) is 0 Å². The minimum atomic E-state index is -4.48. The topological polar surface area (TPSA) is 56.8 Å². The van der Waals surface area contributed by atoms with Crippen LogP contribution in [0.1, 0.15) is 13.8 Å². The van der Waals surface area contributed by atoms with E-state index < -0.39 is 44.1 Å². The monoisotopic (exact) mass is 475 g/mol. The summed E-state index contributed by atoms with van der Waals surface area (Å²) in [7, 11) is 0.